The number of aliphatic imine (C=N–C) groups is 2. The Morgan fingerprint density at radius 3 is 1.84 bits per heavy atom. The molecule has 6 rings (SSSR count). The van der Waals surface area contributed by atoms with Gasteiger partial charge in [0.05, 0.1) is 11.1 Å². The number of phenols is 1. The molecule has 0 saturated carbocycles. The first-order chi connectivity index (χ1) is 21.5. The lowest BCUT2D eigenvalue weighted by Gasteiger charge is -2.11. The van der Waals surface area contributed by atoms with E-state index in [9.17, 15) is 14.7 Å². The van der Waals surface area contributed by atoms with Gasteiger partial charge in [-0.15, -0.1) is 0 Å². The molecule has 0 aliphatic carbocycles. The van der Waals surface area contributed by atoms with Crippen LogP contribution in [0.3, 0.4) is 0 Å². The fourth-order valence-corrected chi connectivity index (χ4v) is 4.27. The Kier molecular flexibility index (Phi) is 9.83. The number of carbonyl (C=O) groups excluding carboxylic acids is 1. The predicted octanol–water partition coefficient (Wildman–Crippen LogP) is 4.78. The summed E-state index contributed by atoms with van der Waals surface area (Å²) in [5.74, 6) is -0.154. The Balaban J connectivity index is 0.000000215. The monoisotopic (exact) mass is 594 g/mol. The molecule has 224 valence electrons. The van der Waals surface area contributed by atoms with Crippen molar-refractivity contribution >= 4 is 23.7 Å². The Bertz CT molecular complexity index is 1640. The lowest BCUT2D eigenvalue weighted by molar-refractivity contribution is -0.146. The van der Waals surface area contributed by atoms with Gasteiger partial charge < -0.3 is 29.2 Å². The van der Waals surface area contributed by atoms with Gasteiger partial charge in [0.25, 0.3) is 0 Å². The van der Waals surface area contributed by atoms with Crippen LogP contribution in [-0.4, -0.2) is 59.2 Å². The maximum atomic E-state index is 12.4. The van der Waals surface area contributed by atoms with Gasteiger partial charge in [-0.05, 0) is 35.4 Å². The zero-order valence-corrected chi connectivity index (χ0v) is 23.6. The molecule has 0 fully saturated rings. The lowest BCUT2D eigenvalue weighted by atomic mass is 10.2. The molecule has 0 unspecified atom stereocenters. The Labute approximate surface area is 253 Å². The second-order valence-electron chi connectivity index (χ2n) is 9.74. The van der Waals surface area contributed by atoms with Crippen LogP contribution in [0, 0.1) is 0 Å². The predicted molar refractivity (Wildman–Crippen MR) is 162 cm³/mol. The molecule has 4 aromatic carbocycles. The van der Waals surface area contributed by atoms with E-state index in [4.69, 9.17) is 24.1 Å². The van der Waals surface area contributed by atoms with E-state index in [0.29, 0.717) is 23.8 Å². The van der Waals surface area contributed by atoms with E-state index in [1.165, 1.54) is 6.07 Å². The lowest BCUT2D eigenvalue weighted by Crippen LogP contribution is -2.22. The summed E-state index contributed by atoms with van der Waals surface area (Å²) in [6, 6.07) is 32.0. The summed E-state index contributed by atoms with van der Waals surface area (Å²) in [7, 11) is 0. The van der Waals surface area contributed by atoms with Crippen LogP contribution in [0.5, 0.6) is 11.5 Å². The molecular formula is C34H30N2O8. The van der Waals surface area contributed by atoms with Gasteiger partial charge >= 0.3 is 11.9 Å². The minimum absolute atomic E-state index is 0.0129. The van der Waals surface area contributed by atoms with Gasteiger partial charge in [-0.25, -0.2) is 19.6 Å². The van der Waals surface area contributed by atoms with E-state index in [1.54, 1.807) is 18.2 Å². The van der Waals surface area contributed by atoms with Gasteiger partial charge in [0.2, 0.25) is 11.8 Å². The van der Waals surface area contributed by atoms with Gasteiger partial charge in [0, 0.05) is 0 Å². The minimum Gasteiger partial charge on any atom is -0.507 e. The van der Waals surface area contributed by atoms with Crippen LogP contribution in [0.2, 0.25) is 0 Å². The zero-order chi connectivity index (χ0) is 30.7. The Hall–Kier alpha value is -5.64. The van der Waals surface area contributed by atoms with Crippen molar-refractivity contribution in [3.05, 3.63) is 131 Å². The fourth-order valence-electron chi connectivity index (χ4n) is 4.27. The van der Waals surface area contributed by atoms with Crippen molar-refractivity contribution in [1.82, 2.24) is 0 Å². The van der Waals surface area contributed by atoms with Gasteiger partial charge in [0.15, 0.2) is 12.1 Å². The van der Waals surface area contributed by atoms with Crippen molar-refractivity contribution in [1.29, 1.82) is 0 Å². The highest BCUT2D eigenvalue weighted by Gasteiger charge is 2.29. The average molecular weight is 595 g/mol. The number of hydrogen-bond donors (Lipinski definition) is 2. The molecule has 0 saturated heterocycles. The topological polar surface area (TPSA) is 136 Å². The molecule has 0 amide bonds. The number of carboxylic acids is 1. The number of benzene rings is 4. The third kappa shape index (κ3) is 7.80. The van der Waals surface area contributed by atoms with Crippen LogP contribution >= 0.6 is 0 Å². The summed E-state index contributed by atoms with van der Waals surface area (Å²) in [4.78, 5) is 31.2. The summed E-state index contributed by atoms with van der Waals surface area (Å²) in [5, 5.41) is 18.2. The summed E-state index contributed by atoms with van der Waals surface area (Å²) in [5.41, 5.74) is 3.14. The SMILES string of the molecule is O=C(O)[C@@H]1COC(c2ccccc2O)=N1.O=C(OCc1ccccc1)[C@@H]1COC(c2ccccc2OCc2ccccc2)=N1. The quantitative estimate of drug-likeness (QED) is 0.265. The summed E-state index contributed by atoms with van der Waals surface area (Å²) in [6.07, 6.45) is 0. The number of para-hydroxylation sites is 2. The third-order valence-corrected chi connectivity index (χ3v) is 6.57. The number of nitrogens with zero attached hydrogens (tertiary/aromatic N) is 2. The van der Waals surface area contributed by atoms with Crippen LogP contribution in [0.1, 0.15) is 22.3 Å². The van der Waals surface area contributed by atoms with Gasteiger partial charge in [-0.2, -0.15) is 0 Å². The molecule has 4 aromatic rings. The maximum Gasteiger partial charge on any atom is 0.334 e. The van der Waals surface area contributed by atoms with Crippen LogP contribution in [0.4, 0.5) is 0 Å². The number of phenolic OH excluding ortho intramolecular Hbond substituents is 1. The molecule has 10 nitrogen and oxygen atoms in total. The molecule has 0 radical (unpaired) electrons. The third-order valence-electron chi connectivity index (χ3n) is 6.57. The van der Waals surface area contributed by atoms with Crippen LogP contribution in [0.15, 0.2) is 119 Å². The first-order valence-corrected chi connectivity index (χ1v) is 13.9. The number of rotatable bonds is 9. The van der Waals surface area contributed by atoms with Crippen molar-refractivity contribution in [3.63, 3.8) is 0 Å². The molecule has 2 atom stereocenters. The Morgan fingerprint density at radius 2 is 1.20 bits per heavy atom. The van der Waals surface area contributed by atoms with E-state index >= 15 is 0 Å². The van der Waals surface area contributed by atoms with Crippen molar-refractivity contribution in [2.45, 2.75) is 25.3 Å². The molecule has 0 spiro atoms. The molecule has 10 heteroatoms. The first-order valence-electron chi connectivity index (χ1n) is 13.9. The molecular weight excluding hydrogens is 564 g/mol. The number of carboxylic acid groups (broad SMARTS) is 1. The highest BCUT2D eigenvalue weighted by Crippen LogP contribution is 2.24. The number of esters is 1. The molecule has 2 heterocycles. The standard InChI is InChI=1S/C24H21NO4.C10H9NO4/c26-24(29-16-19-11-5-2-6-12-19)21-17-28-23(25-21)20-13-7-8-14-22(20)27-15-18-9-3-1-4-10-18;12-8-4-2-1-3-6(8)9-11-7(5-15-9)10(13)14/h1-14,21H,15-17H2;1-4,7,12H,5H2,(H,13,14)/t21-;7-/m00/s1. The normalized spacial score (nSPS) is 16.7. The zero-order valence-electron chi connectivity index (χ0n) is 23.6. The highest BCUT2D eigenvalue weighted by atomic mass is 16.5. The van der Waals surface area contributed by atoms with E-state index in [1.807, 2.05) is 84.9 Å². The molecule has 0 bridgehead atoms. The first kappa shape index (κ1) is 29.8. The number of aromatic hydroxyl groups is 1. The second kappa shape index (κ2) is 14.5. The van der Waals surface area contributed by atoms with E-state index in [-0.39, 0.29) is 31.5 Å². The van der Waals surface area contributed by atoms with Crippen molar-refractivity contribution in [3.8, 4) is 11.5 Å². The minimum atomic E-state index is -1.03. The van der Waals surface area contributed by atoms with Gasteiger partial charge in [0.1, 0.15) is 37.9 Å². The van der Waals surface area contributed by atoms with E-state index in [2.05, 4.69) is 9.98 Å². The molecule has 0 aromatic heterocycles. The van der Waals surface area contributed by atoms with E-state index in [0.717, 1.165) is 16.7 Å². The number of carbonyl (C=O) groups is 2. The summed E-state index contributed by atoms with van der Waals surface area (Å²) >= 11 is 0. The number of ether oxygens (including phenoxy) is 4. The number of aliphatic carboxylic acids is 1. The fraction of sp³-hybridized carbons (Fsp3) is 0.176. The maximum absolute atomic E-state index is 12.4. The van der Waals surface area contributed by atoms with E-state index < -0.39 is 24.0 Å². The molecule has 2 aliphatic heterocycles. The summed E-state index contributed by atoms with van der Waals surface area (Å²) in [6.45, 7) is 0.834. The van der Waals surface area contributed by atoms with Gasteiger partial charge in [-0.3, -0.25) is 0 Å². The smallest absolute Gasteiger partial charge is 0.334 e. The van der Waals surface area contributed by atoms with Crippen molar-refractivity contribution < 1.29 is 38.7 Å². The van der Waals surface area contributed by atoms with Crippen LogP contribution in [-0.2, 0) is 37.0 Å². The largest absolute Gasteiger partial charge is 0.507 e. The van der Waals surface area contributed by atoms with Crippen LogP contribution in [0.25, 0.3) is 0 Å². The Morgan fingerprint density at radius 1 is 0.682 bits per heavy atom. The average Bonchev–Trinajstić information content (AvgIpc) is 3.76. The van der Waals surface area contributed by atoms with Crippen LogP contribution < -0.4 is 4.74 Å². The molecule has 44 heavy (non-hydrogen) atoms. The second-order valence-corrected chi connectivity index (χ2v) is 9.74. The summed E-state index contributed by atoms with van der Waals surface area (Å²) < 4.78 is 22.1. The highest BCUT2D eigenvalue weighted by molar-refractivity contribution is 6.00. The number of hydrogen-bond acceptors (Lipinski definition) is 9. The molecule has 2 aliphatic rings. The van der Waals surface area contributed by atoms with Gasteiger partial charge in [-0.1, -0.05) is 84.9 Å². The molecule has 2 N–H and O–H groups in total. The van der Waals surface area contributed by atoms with Crippen molar-refractivity contribution in [2.75, 3.05) is 13.2 Å². The van der Waals surface area contributed by atoms with Crippen molar-refractivity contribution in [2.24, 2.45) is 9.98 Å².